The van der Waals surface area contributed by atoms with Gasteiger partial charge in [-0.3, -0.25) is 0 Å². The third-order valence-corrected chi connectivity index (χ3v) is 2.62. The maximum Gasteiger partial charge on any atom is 0.364 e. The maximum absolute atomic E-state index is 11.4. The van der Waals surface area contributed by atoms with Crippen LogP contribution in [-0.2, 0) is 6.61 Å². The van der Waals surface area contributed by atoms with E-state index in [1.807, 2.05) is 12.1 Å². The van der Waals surface area contributed by atoms with Crippen LogP contribution in [0.15, 0.2) is 41.2 Å². The minimum absolute atomic E-state index is 0.353. The molecule has 0 saturated carbocycles. The number of ether oxygens (including phenoxy) is 1. The Labute approximate surface area is 107 Å². The molecule has 2 aromatic heterocycles. The van der Waals surface area contributed by atoms with Gasteiger partial charge in [0.25, 0.3) is 0 Å². The van der Waals surface area contributed by atoms with E-state index >= 15 is 0 Å². The molecule has 1 aromatic carbocycles. The first-order valence-electron chi connectivity index (χ1n) is 5.64. The number of H-pyrrole nitrogens is 1. The Morgan fingerprint density at radius 1 is 1.21 bits per heavy atom. The second kappa shape index (κ2) is 4.45. The standard InChI is InChI=1S/C12H11N5O2/c13-9-3-1-8(2-4-9)7-19-11-6-5-10-14-15-12(18)17(10)16-11/h1-6H,7,13H2,(H,15,18). The minimum atomic E-state index is -0.395. The zero-order valence-corrected chi connectivity index (χ0v) is 9.91. The van der Waals surface area contributed by atoms with E-state index < -0.39 is 5.69 Å². The van der Waals surface area contributed by atoms with Gasteiger partial charge in [-0.2, -0.15) is 9.61 Å². The van der Waals surface area contributed by atoms with Gasteiger partial charge in [-0.1, -0.05) is 12.1 Å². The molecule has 2 heterocycles. The fraction of sp³-hybridized carbons (Fsp3) is 0.0833. The molecule has 0 aliphatic carbocycles. The largest absolute Gasteiger partial charge is 0.472 e. The number of nitrogen functional groups attached to an aromatic ring is 1. The van der Waals surface area contributed by atoms with Crippen LogP contribution in [0.5, 0.6) is 5.88 Å². The third-order valence-electron chi connectivity index (χ3n) is 2.62. The molecule has 0 saturated heterocycles. The number of benzene rings is 1. The van der Waals surface area contributed by atoms with Crippen LogP contribution in [0.3, 0.4) is 0 Å². The van der Waals surface area contributed by atoms with Gasteiger partial charge >= 0.3 is 5.69 Å². The Balaban J connectivity index is 1.79. The highest BCUT2D eigenvalue weighted by atomic mass is 16.5. The molecule has 19 heavy (non-hydrogen) atoms. The normalized spacial score (nSPS) is 10.7. The van der Waals surface area contributed by atoms with E-state index in [9.17, 15) is 4.79 Å². The lowest BCUT2D eigenvalue weighted by Crippen LogP contribution is -2.12. The van der Waals surface area contributed by atoms with Crippen LogP contribution in [0.2, 0.25) is 0 Å². The fourth-order valence-corrected chi connectivity index (χ4v) is 1.63. The van der Waals surface area contributed by atoms with Crippen molar-refractivity contribution in [1.29, 1.82) is 0 Å². The highest BCUT2D eigenvalue weighted by Crippen LogP contribution is 2.10. The molecule has 3 aromatic rings. The summed E-state index contributed by atoms with van der Waals surface area (Å²) >= 11 is 0. The van der Waals surface area contributed by atoms with Gasteiger partial charge in [-0.05, 0) is 23.8 Å². The summed E-state index contributed by atoms with van der Waals surface area (Å²) in [5.74, 6) is 0.354. The number of nitrogens with one attached hydrogen (secondary N) is 1. The van der Waals surface area contributed by atoms with Crippen molar-refractivity contribution in [2.75, 3.05) is 5.73 Å². The number of aromatic nitrogens is 4. The molecule has 0 bridgehead atoms. The number of aromatic amines is 1. The van der Waals surface area contributed by atoms with Gasteiger partial charge in [0.2, 0.25) is 5.88 Å². The number of fused-ring (bicyclic) bond motifs is 1. The Morgan fingerprint density at radius 3 is 2.79 bits per heavy atom. The molecule has 0 radical (unpaired) electrons. The van der Waals surface area contributed by atoms with Crippen molar-refractivity contribution in [3.05, 3.63) is 52.4 Å². The van der Waals surface area contributed by atoms with Gasteiger partial charge in [0.1, 0.15) is 6.61 Å². The van der Waals surface area contributed by atoms with E-state index in [1.54, 1.807) is 24.3 Å². The molecule has 7 heteroatoms. The molecular weight excluding hydrogens is 246 g/mol. The highest BCUT2D eigenvalue weighted by Gasteiger charge is 2.03. The summed E-state index contributed by atoms with van der Waals surface area (Å²) in [6.45, 7) is 0.353. The van der Waals surface area contributed by atoms with E-state index in [1.165, 1.54) is 0 Å². The first-order chi connectivity index (χ1) is 9.22. The molecule has 0 atom stereocenters. The van der Waals surface area contributed by atoms with E-state index in [2.05, 4.69) is 15.3 Å². The SMILES string of the molecule is Nc1ccc(COc2ccc3n[nH]c(=O)n3n2)cc1. The molecule has 0 aliphatic rings. The van der Waals surface area contributed by atoms with Crippen molar-refractivity contribution in [2.24, 2.45) is 0 Å². The van der Waals surface area contributed by atoms with Gasteiger partial charge in [-0.25, -0.2) is 9.89 Å². The molecule has 7 nitrogen and oxygen atoms in total. The third kappa shape index (κ3) is 2.25. The number of nitrogens with zero attached hydrogens (tertiary/aromatic N) is 3. The Bertz CT molecular complexity index is 760. The zero-order chi connectivity index (χ0) is 13.2. The second-order valence-electron chi connectivity index (χ2n) is 4.00. The predicted octanol–water partition coefficient (Wildman–Crippen LogP) is 0.579. The van der Waals surface area contributed by atoms with Crippen molar-refractivity contribution in [2.45, 2.75) is 6.61 Å². The first kappa shape index (κ1) is 11.3. The second-order valence-corrected chi connectivity index (χ2v) is 4.00. The summed E-state index contributed by atoms with van der Waals surface area (Å²) in [7, 11) is 0. The molecule has 0 fully saturated rings. The van der Waals surface area contributed by atoms with Crippen molar-refractivity contribution >= 4 is 11.3 Å². The fourth-order valence-electron chi connectivity index (χ4n) is 1.63. The van der Waals surface area contributed by atoms with Gasteiger partial charge in [0, 0.05) is 11.8 Å². The van der Waals surface area contributed by atoms with Gasteiger partial charge in [-0.15, -0.1) is 5.10 Å². The summed E-state index contributed by atoms with van der Waals surface area (Å²) in [6.07, 6.45) is 0. The zero-order valence-electron chi connectivity index (χ0n) is 9.91. The summed E-state index contributed by atoms with van der Waals surface area (Å²) in [6, 6.07) is 10.7. The molecule has 96 valence electrons. The van der Waals surface area contributed by atoms with Crippen LogP contribution in [0.1, 0.15) is 5.56 Å². The average molecular weight is 257 g/mol. The van der Waals surface area contributed by atoms with Crippen molar-refractivity contribution in [3.63, 3.8) is 0 Å². The summed E-state index contributed by atoms with van der Waals surface area (Å²) < 4.78 is 6.66. The first-order valence-corrected chi connectivity index (χ1v) is 5.64. The molecule has 0 unspecified atom stereocenters. The van der Waals surface area contributed by atoms with Crippen LogP contribution in [0.4, 0.5) is 5.69 Å². The monoisotopic (exact) mass is 257 g/mol. The highest BCUT2D eigenvalue weighted by molar-refractivity contribution is 5.39. The smallest absolute Gasteiger partial charge is 0.364 e. The molecule has 0 amide bonds. The molecule has 0 aliphatic heterocycles. The summed E-state index contributed by atoms with van der Waals surface area (Å²) in [4.78, 5) is 11.4. The lowest BCUT2D eigenvalue weighted by atomic mass is 10.2. The lowest BCUT2D eigenvalue weighted by molar-refractivity contribution is 0.289. The Morgan fingerprint density at radius 2 is 2.00 bits per heavy atom. The van der Waals surface area contributed by atoms with Gasteiger partial charge < -0.3 is 10.5 Å². The summed E-state index contributed by atoms with van der Waals surface area (Å²) in [5.41, 5.74) is 7.32. The van der Waals surface area contributed by atoms with Crippen LogP contribution >= 0.6 is 0 Å². The number of hydrogen-bond donors (Lipinski definition) is 2. The number of anilines is 1. The van der Waals surface area contributed by atoms with Crippen molar-refractivity contribution < 1.29 is 4.74 Å². The van der Waals surface area contributed by atoms with Gasteiger partial charge in [0.15, 0.2) is 5.65 Å². The van der Waals surface area contributed by atoms with E-state index in [0.717, 1.165) is 10.1 Å². The quantitative estimate of drug-likeness (QED) is 0.669. The topological polar surface area (TPSA) is 98.3 Å². The number of nitrogens with two attached hydrogens (primary N) is 1. The Kier molecular flexibility index (Phi) is 2.64. The van der Waals surface area contributed by atoms with Gasteiger partial charge in [0.05, 0.1) is 0 Å². The molecule has 3 N–H and O–H groups in total. The van der Waals surface area contributed by atoms with E-state index in [4.69, 9.17) is 10.5 Å². The molecular formula is C12H11N5O2. The van der Waals surface area contributed by atoms with E-state index in [-0.39, 0.29) is 0 Å². The molecule has 0 spiro atoms. The maximum atomic E-state index is 11.4. The van der Waals surface area contributed by atoms with E-state index in [0.29, 0.717) is 23.8 Å². The Hall–Kier alpha value is -2.83. The van der Waals surface area contributed by atoms with Crippen molar-refractivity contribution in [1.82, 2.24) is 19.8 Å². The molecule has 3 rings (SSSR count). The van der Waals surface area contributed by atoms with Crippen LogP contribution in [-0.4, -0.2) is 19.8 Å². The number of rotatable bonds is 3. The average Bonchev–Trinajstić information content (AvgIpc) is 2.80. The summed E-state index contributed by atoms with van der Waals surface area (Å²) in [5, 5.41) is 10.1. The lowest BCUT2D eigenvalue weighted by Gasteiger charge is -2.05. The minimum Gasteiger partial charge on any atom is -0.472 e. The van der Waals surface area contributed by atoms with Crippen LogP contribution in [0.25, 0.3) is 5.65 Å². The van der Waals surface area contributed by atoms with Crippen LogP contribution < -0.4 is 16.2 Å². The predicted molar refractivity (Wildman–Crippen MR) is 68.8 cm³/mol. The number of hydrogen-bond acceptors (Lipinski definition) is 5. The van der Waals surface area contributed by atoms with Crippen LogP contribution in [0, 0.1) is 0 Å². The van der Waals surface area contributed by atoms with Crippen molar-refractivity contribution in [3.8, 4) is 5.88 Å².